The number of hydrogen-bond acceptors (Lipinski definition) is 5. The Balaban J connectivity index is 1.76. The molecule has 0 aliphatic carbocycles. The molecule has 1 aromatic heterocycles. The fraction of sp³-hybridized carbons (Fsp3) is 0.533. The Hall–Kier alpha value is -1.93. The molecule has 2 aliphatic rings. The second kappa shape index (κ2) is 6.67. The van der Waals surface area contributed by atoms with E-state index in [2.05, 4.69) is 0 Å². The standard InChI is InChI=1S/C15H19N3O4S/c1-22-8-7-18-13(19)11-10-16(5-3-6-17(11)15(18)21)14(20)12-4-2-9-23-12/h2,4,9,11H,3,5-8,10H2,1H3. The van der Waals surface area contributed by atoms with Crippen LogP contribution in [0.3, 0.4) is 0 Å². The first-order valence-corrected chi connectivity index (χ1v) is 8.45. The third kappa shape index (κ3) is 2.96. The summed E-state index contributed by atoms with van der Waals surface area (Å²) >= 11 is 1.39. The van der Waals surface area contributed by atoms with E-state index in [1.165, 1.54) is 23.3 Å². The lowest BCUT2D eigenvalue weighted by molar-refractivity contribution is -0.128. The summed E-state index contributed by atoms with van der Waals surface area (Å²) < 4.78 is 4.96. The highest BCUT2D eigenvalue weighted by Gasteiger charge is 2.46. The number of urea groups is 1. The molecule has 1 atom stereocenters. The van der Waals surface area contributed by atoms with Crippen LogP contribution in [-0.4, -0.2) is 78.5 Å². The van der Waals surface area contributed by atoms with Crippen molar-refractivity contribution in [2.45, 2.75) is 12.5 Å². The summed E-state index contributed by atoms with van der Waals surface area (Å²) in [6.07, 6.45) is 0.671. The minimum absolute atomic E-state index is 0.0718. The molecule has 4 amide bonds. The molecule has 1 unspecified atom stereocenters. The lowest BCUT2D eigenvalue weighted by Crippen LogP contribution is -2.43. The Morgan fingerprint density at radius 3 is 2.91 bits per heavy atom. The van der Waals surface area contributed by atoms with Crippen LogP contribution in [0.1, 0.15) is 16.1 Å². The van der Waals surface area contributed by atoms with Gasteiger partial charge in [0.25, 0.3) is 11.8 Å². The van der Waals surface area contributed by atoms with Crippen molar-refractivity contribution in [1.29, 1.82) is 0 Å². The van der Waals surface area contributed by atoms with Crippen LogP contribution in [-0.2, 0) is 9.53 Å². The van der Waals surface area contributed by atoms with Gasteiger partial charge in [0.1, 0.15) is 6.04 Å². The first-order chi connectivity index (χ1) is 11.1. The minimum Gasteiger partial charge on any atom is -0.383 e. The largest absolute Gasteiger partial charge is 0.383 e. The number of methoxy groups -OCH3 is 1. The zero-order valence-corrected chi connectivity index (χ0v) is 13.8. The molecule has 0 radical (unpaired) electrons. The second-order valence-electron chi connectivity index (χ2n) is 5.56. The van der Waals surface area contributed by atoms with Gasteiger partial charge in [0.2, 0.25) is 0 Å². The lowest BCUT2D eigenvalue weighted by atomic mass is 10.2. The summed E-state index contributed by atoms with van der Waals surface area (Å²) in [7, 11) is 1.53. The summed E-state index contributed by atoms with van der Waals surface area (Å²) in [6.45, 7) is 1.87. The Kier molecular flexibility index (Phi) is 4.63. The van der Waals surface area contributed by atoms with Gasteiger partial charge in [0.05, 0.1) is 24.6 Å². The van der Waals surface area contributed by atoms with E-state index in [1.807, 2.05) is 11.4 Å². The number of fused-ring (bicyclic) bond motifs is 1. The van der Waals surface area contributed by atoms with Gasteiger partial charge in [0.15, 0.2) is 0 Å². The van der Waals surface area contributed by atoms with Crippen LogP contribution >= 0.6 is 11.3 Å². The maximum Gasteiger partial charge on any atom is 0.327 e. The van der Waals surface area contributed by atoms with Crippen molar-refractivity contribution in [1.82, 2.24) is 14.7 Å². The van der Waals surface area contributed by atoms with Gasteiger partial charge in [-0.2, -0.15) is 0 Å². The molecular formula is C15H19N3O4S. The van der Waals surface area contributed by atoms with Gasteiger partial charge in [0, 0.05) is 20.2 Å². The number of carbonyl (C=O) groups excluding carboxylic acids is 3. The maximum atomic E-state index is 12.5. The van der Waals surface area contributed by atoms with E-state index in [1.54, 1.807) is 15.9 Å². The lowest BCUT2D eigenvalue weighted by Gasteiger charge is -2.23. The van der Waals surface area contributed by atoms with E-state index in [-0.39, 0.29) is 30.9 Å². The van der Waals surface area contributed by atoms with E-state index >= 15 is 0 Å². The molecule has 1 aromatic rings. The van der Waals surface area contributed by atoms with Crippen molar-refractivity contribution in [3.63, 3.8) is 0 Å². The van der Waals surface area contributed by atoms with Crippen molar-refractivity contribution >= 4 is 29.2 Å². The molecular weight excluding hydrogens is 318 g/mol. The molecule has 2 fully saturated rings. The Morgan fingerprint density at radius 1 is 1.39 bits per heavy atom. The number of nitrogens with zero attached hydrogens (tertiary/aromatic N) is 3. The first kappa shape index (κ1) is 15.9. The molecule has 8 heteroatoms. The summed E-state index contributed by atoms with van der Waals surface area (Å²) in [5.74, 6) is -0.310. The van der Waals surface area contributed by atoms with Gasteiger partial charge < -0.3 is 14.5 Å². The molecule has 3 rings (SSSR count). The van der Waals surface area contributed by atoms with Crippen LogP contribution in [0.15, 0.2) is 17.5 Å². The van der Waals surface area contributed by atoms with Crippen molar-refractivity contribution in [2.24, 2.45) is 0 Å². The van der Waals surface area contributed by atoms with Crippen LogP contribution < -0.4 is 0 Å². The topological polar surface area (TPSA) is 70.2 Å². The predicted octanol–water partition coefficient (Wildman–Crippen LogP) is 0.873. The van der Waals surface area contributed by atoms with E-state index in [9.17, 15) is 14.4 Å². The Labute approximate surface area is 138 Å². The van der Waals surface area contributed by atoms with Gasteiger partial charge in [-0.3, -0.25) is 14.5 Å². The summed E-state index contributed by atoms with van der Waals surface area (Å²) in [5.41, 5.74) is 0. The quantitative estimate of drug-likeness (QED) is 0.765. The zero-order valence-electron chi connectivity index (χ0n) is 12.9. The molecule has 0 spiro atoms. The van der Waals surface area contributed by atoms with Crippen LogP contribution in [0, 0.1) is 0 Å². The third-order valence-corrected chi connectivity index (χ3v) is 5.02. The Bertz CT molecular complexity index is 604. The molecule has 124 valence electrons. The number of rotatable bonds is 4. The normalized spacial score (nSPS) is 21.6. The van der Waals surface area contributed by atoms with Gasteiger partial charge >= 0.3 is 6.03 Å². The molecule has 7 nitrogen and oxygen atoms in total. The summed E-state index contributed by atoms with van der Waals surface area (Å²) in [4.78, 5) is 42.6. The number of ether oxygens (including phenoxy) is 1. The maximum absolute atomic E-state index is 12.5. The molecule has 2 aliphatic heterocycles. The summed E-state index contributed by atoms with van der Waals surface area (Å²) in [5, 5.41) is 1.86. The van der Waals surface area contributed by atoms with Crippen LogP contribution in [0.25, 0.3) is 0 Å². The van der Waals surface area contributed by atoms with Crippen molar-refractivity contribution in [2.75, 3.05) is 39.9 Å². The number of thiophene rings is 1. The number of imide groups is 1. The molecule has 2 saturated heterocycles. The fourth-order valence-corrected chi connectivity index (χ4v) is 3.68. The highest BCUT2D eigenvalue weighted by molar-refractivity contribution is 7.12. The van der Waals surface area contributed by atoms with Crippen LogP contribution in [0.5, 0.6) is 0 Å². The smallest absolute Gasteiger partial charge is 0.327 e. The zero-order chi connectivity index (χ0) is 16.4. The van der Waals surface area contributed by atoms with Gasteiger partial charge in [-0.15, -0.1) is 11.3 Å². The van der Waals surface area contributed by atoms with Gasteiger partial charge in [-0.1, -0.05) is 6.07 Å². The number of hydrogen-bond donors (Lipinski definition) is 0. The van der Waals surface area contributed by atoms with Crippen LogP contribution in [0.4, 0.5) is 4.79 Å². The van der Waals surface area contributed by atoms with Gasteiger partial charge in [-0.05, 0) is 17.9 Å². The average Bonchev–Trinajstić information content (AvgIpc) is 3.07. The third-order valence-electron chi connectivity index (χ3n) is 4.16. The van der Waals surface area contributed by atoms with Crippen molar-refractivity contribution in [3.8, 4) is 0 Å². The van der Waals surface area contributed by atoms with Gasteiger partial charge in [-0.25, -0.2) is 4.79 Å². The monoisotopic (exact) mass is 337 g/mol. The van der Waals surface area contributed by atoms with E-state index < -0.39 is 6.04 Å². The molecule has 23 heavy (non-hydrogen) atoms. The van der Waals surface area contributed by atoms with E-state index in [0.29, 0.717) is 31.0 Å². The van der Waals surface area contributed by atoms with Crippen LogP contribution in [0.2, 0.25) is 0 Å². The minimum atomic E-state index is -0.578. The number of amides is 4. The first-order valence-electron chi connectivity index (χ1n) is 7.57. The number of carbonyl (C=O) groups is 3. The highest BCUT2D eigenvalue weighted by Crippen LogP contribution is 2.23. The SMILES string of the molecule is COCCN1C(=O)C2CN(C(=O)c3cccs3)CCCN2C1=O. The second-order valence-corrected chi connectivity index (χ2v) is 6.50. The molecule has 0 bridgehead atoms. The predicted molar refractivity (Wildman–Crippen MR) is 84.3 cm³/mol. The van der Waals surface area contributed by atoms with E-state index in [0.717, 1.165) is 0 Å². The van der Waals surface area contributed by atoms with Crippen molar-refractivity contribution in [3.05, 3.63) is 22.4 Å². The molecule has 3 heterocycles. The molecule has 0 aromatic carbocycles. The van der Waals surface area contributed by atoms with Crippen molar-refractivity contribution < 1.29 is 19.1 Å². The molecule has 0 saturated carbocycles. The van der Waals surface area contributed by atoms with E-state index in [4.69, 9.17) is 4.74 Å². The average molecular weight is 337 g/mol. The molecule has 0 N–H and O–H groups in total. The fourth-order valence-electron chi connectivity index (χ4n) is 2.98. The Morgan fingerprint density at radius 2 is 2.22 bits per heavy atom. The summed E-state index contributed by atoms with van der Waals surface area (Å²) in [6, 6.07) is 2.76. The highest BCUT2D eigenvalue weighted by atomic mass is 32.1.